The summed E-state index contributed by atoms with van der Waals surface area (Å²) >= 11 is 0. The lowest BCUT2D eigenvalue weighted by molar-refractivity contribution is -0.147. The quantitative estimate of drug-likeness (QED) is 0.779. The number of aromatic nitrogens is 2. The number of carbonyl (C=O) groups is 2. The molecule has 0 saturated carbocycles. The molecule has 0 saturated heterocycles. The van der Waals surface area contributed by atoms with E-state index in [2.05, 4.69) is 15.3 Å². The second-order valence-corrected chi connectivity index (χ2v) is 5.82. The molecule has 2 heterocycles. The average molecular weight is 292 g/mol. The molecule has 0 amide bonds. The summed E-state index contributed by atoms with van der Waals surface area (Å²) in [5.74, 6) is -0.308. The predicted molar refractivity (Wildman–Crippen MR) is 78.8 cm³/mol. The van der Waals surface area contributed by atoms with Crippen molar-refractivity contribution in [3.05, 3.63) is 12.0 Å². The summed E-state index contributed by atoms with van der Waals surface area (Å²) in [5.41, 5.74) is -0.165. The SMILES string of the molecule is CC(C)(CCCCn1cnc2c1C(=O)CN=CN2)C(=O)O. The van der Waals surface area contributed by atoms with Crippen LogP contribution in [0.25, 0.3) is 0 Å². The number of fused-ring (bicyclic) bond motifs is 1. The van der Waals surface area contributed by atoms with Gasteiger partial charge in [0.05, 0.1) is 18.1 Å². The van der Waals surface area contributed by atoms with Gasteiger partial charge in [-0.15, -0.1) is 0 Å². The number of unbranched alkanes of at least 4 members (excludes halogenated alkanes) is 1. The van der Waals surface area contributed by atoms with Crippen LogP contribution in [-0.4, -0.2) is 39.3 Å². The largest absolute Gasteiger partial charge is 0.481 e. The summed E-state index contributed by atoms with van der Waals surface area (Å²) in [6.45, 7) is 4.22. The molecule has 7 heteroatoms. The average Bonchev–Trinajstić information content (AvgIpc) is 2.73. The van der Waals surface area contributed by atoms with Gasteiger partial charge in [-0.1, -0.05) is 6.42 Å². The Kier molecular flexibility index (Phi) is 4.40. The van der Waals surface area contributed by atoms with Gasteiger partial charge in [-0.2, -0.15) is 0 Å². The van der Waals surface area contributed by atoms with E-state index < -0.39 is 11.4 Å². The molecule has 2 rings (SSSR count). The normalized spacial score (nSPS) is 14.5. The third kappa shape index (κ3) is 3.48. The van der Waals surface area contributed by atoms with Crippen LogP contribution in [0.5, 0.6) is 0 Å². The monoisotopic (exact) mass is 292 g/mol. The standard InChI is InChI=1S/C14H20N4O3/c1-14(2,13(20)21)5-3-4-6-18-9-17-12-11(18)10(19)7-15-8-16-12/h8-9H,3-7H2,1-2H3,(H,15,16)(H,20,21). The number of ketones is 1. The van der Waals surface area contributed by atoms with Gasteiger partial charge in [0, 0.05) is 6.54 Å². The van der Waals surface area contributed by atoms with Crippen LogP contribution in [-0.2, 0) is 11.3 Å². The Hall–Kier alpha value is -2.18. The third-order valence-corrected chi connectivity index (χ3v) is 3.66. The molecule has 0 radical (unpaired) electrons. The highest BCUT2D eigenvalue weighted by molar-refractivity contribution is 6.04. The van der Waals surface area contributed by atoms with Crippen molar-refractivity contribution < 1.29 is 14.7 Å². The first-order valence-corrected chi connectivity index (χ1v) is 6.98. The van der Waals surface area contributed by atoms with Gasteiger partial charge in [-0.05, 0) is 26.7 Å². The van der Waals surface area contributed by atoms with Crippen LogP contribution in [0.3, 0.4) is 0 Å². The second-order valence-electron chi connectivity index (χ2n) is 5.82. The number of hydrogen-bond donors (Lipinski definition) is 2. The van der Waals surface area contributed by atoms with Crippen LogP contribution in [0, 0.1) is 5.41 Å². The highest BCUT2D eigenvalue weighted by Gasteiger charge is 2.26. The molecule has 2 N–H and O–H groups in total. The lowest BCUT2D eigenvalue weighted by Crippen LogP contribution is -2.23. The number of carbonyl (C=O) groups excluding carboxylic acids is 1. The van der Waals surface area contributed by atoms with E-state index in [1.807, 2.05) is 4.57 Å². The molecule has 7 nitrogen and oxygen atoms in total. The number of aliphatic carboxylic acids is 1. The fourth-order valence-corrected chi connectivity index (χ4v) is 2.22. The molecule has 1 aliphatic rings. The van der Waals surface area contributed by atoms with Crippen molar-refractivity contribution in [1.82, 2.24) is 9.55 Å². The zero-order valence-electron chi connectivity index (χ0n) is 12.3. The maximum absolute atomic E-state index is 12.0. The highest BCUT2D eigenvalue weighted by atomic mass is 16.4. The predicted octanol–water partition coefficient (Wildman–Crippen LogP) is 1.80. The molecule has 114 valence electrons. The molecule has 0 spiro atoms. The van der Waals surface area contributed by atoms with Gasteiger partial charge >= 0.3 is 5.97 Å². The van der Waals surface area contributed by atoms with Crippen molar-refractivity contribution in [3.63, 3.8) is 0 Å². The minimum atomic E-state index is -0.782. The summed E-state index contributed by atoms with van der Waals surface area (Å²) in [6, 6.07) is 0. The minimum Gasteiger partial charge on any atom is -0.481 e. The lowest BCUT2D eigenvalue weighted by atomic mass is 9.87. The van der Waals surface area contributed by atoms with Gasteiger partial charge in [0.15, 0.2) is 5.82 Å². The van der Waals surface area contributed by atoms with Crippen molar-refractivity contribution in [2.24, 2.45) is 10.4 Å². The summed E-state index contributed by atoms with van der Waals surface area (Å²) in [7, 11) is 0. The number of nitrogens with one attached hydrogen (secondary N) is 1. The molecular formula is C14H20N4O3. The van der Waals surface area contributed by atoms with E-state index in [1.54, 1.807) is 20.2 Å². The van der Waals surface area contributed by atoms with Crippen LogP contribution in [0.4, 0.5) is 5.82 Å². The molecule has 1 aliphatic heterocycles. The molecule has 0 aromatic carbocycles. The fraction of sp³-hybridized carbons (Fsp3) is 0.571. The number of hydrogen-bond acceptors (Lipinski definition) is 5. The molecule has 1 aromatic heterocycles. The number of carboxylic acid groups (broad SMARTS) is 1. The fourth-order valence-electron chi connectivity index (χ4n) is 2.22. The Morgan fingerprint density at radius 1 is 1.48 bits per heavy atom. The Bertz CT molecular complexity index is 575. The summed E-state index contributed by atoms with van der Waals surface area (Å²) < 4.78 is 1.81. The Morgan fingerprint density at radius 3 is 2.95 bits per heavy atom. The van der Waals surface area contributed by atoms with Crippen molar-refractivity contribution in [2.45, 2.75) is 39.7 Å². The maximum atomic E-state index is 12.0. The molecule has 0 aliphatic carbocycles. The van der Waals surface area contributed by atoms with E-state index in [-0.39, 0.29) is 12.3 Å². The van der Waals surface area contributed by atoms with E-state index >= 15 is 0 Å². The van der Waals surface area contributed by atoms with Crippen LogP contribution in [0.1, 0.15) is 43.6 Å². The molecular weight excluding hydrogens is 272 g/mol. The van der Waals surface area contributed by atoms with Crippen LogP contribution in [0.15, 0.2) is 11.3 Å². The molecule has 1 aromatic rings. The summed E-state index contributed by atoms with van der Waals surface area (Å²) in [6.07, 6.45) is 5.31. The topological polar surface area (TPSA) is 96.6 Å². The van der Waals surface area contributed by atoms with E-state index in [9.17, 15) is 9.59 Å². The van der Waals surface area contributed by atoms with Gasteiger partial charge in [0.2, 0.25) is 5.78 Å². The van der Waals surface area contributed by atoms with E-state index in [4.69, 9.17) is 5.11 Å². The lowest BCUT2D eigenvalue weighted by Gasteiger charge is -2.18. The van der Waals surface area contributed by atoms with E-state index in [0.717, 1.165) is 12.8 Å². The number of rotatable bonds is 6. The van der Waals surface area contributed by atoms with Gasteiger partial charge in [-0.3, -0.25) is 14.6 Å². The molecule has 0 bridgehead atoms. The molecule has 0 atom stereocenters. The molecule has 0 fully saturated rings. The number of imidazole rings is 1. The van der Waals surface area contributed by atoms with Crippen LogP contribution < -0.4 is 5.32 Å². The zero-order valence-corrected chi connectivity index (χ0v) is 12.3. The Labute approximate surface area is 123 Å². The smallest absolute Gasteiger partial charge is 0.309 e. The van der Waals surface area contributed by atoms with Crippen molar-refractivity contribution in [3.8, 4) is 0 Å². The number of aliphatic imine (C=N–C) groups is 1. The first-order chi connectivity index (χ1) is 9.92. The van der Waals surface area contributed by atoms with Gasteiger partial charge in [-0.25, -0.2) is 4.98 Å². The molecule has 21 heavy (non-hydrogen) atoms. The first kappa shape index (κ1) is 15.2. The minimum absolute atomic E-state index is 0.0605. The number of nitrogens with zero attached hydrogens (tertiary/aromatic N) is 3. The van der Waals surface area contributed by atoms with Gasteiger partial charge in [0.1, 0.15) is 12.2 Å². The van der Waals surface area contributed by atoms with Crippen molar-refractivity contribution in [2.75, 3.05) is 11.9 Å². The number of aryl methyl sites for hydroxylation is 1. The van der Waals surface area contributed by atoms with Crippen LogP contribution in [0.2, 0.25) is 0 Å². The molecule has 0 unspecified atom stereocenters. The Morgan fingerprint density at radius 2 is 2.24 bits per heavy atom. The van der Waals surface area contributed by atoms with Gasteiger partial charge < -0.3 is 15.0 Å². The summed E-state index contributed by atoms with van der Waals surface area (Å²) in [5, 5.41) is 11.9. The third-order valence-electron chi connectivity index (χ3n) is 3.66. The maximum Gasteiger partial charge on any atom is 0.309 e. The second kappa shape index (κ2) is 6.07. The number of anilines is 1. The first-order valence-electron chi connectivity index (χ1n) is 6.98. The van der Waals surface area contributed by atoms with Gasteiger partial charge in [0.25, 0.3) is 0 Å². The van der Waals surface area contributed by atoms with Crippen molar-refractivity contribution in [1.29, 1.82) is 0 Å². The highest BCUT2D eigenvalue weighted by Crippen LogP contribution is 2.24. The number of Topliss-reactive ketones (excluding diaryl/α,β-unsaturated/α-hetero) is 1. The van der Waals surface area contributed by atoms with E-state index in [1.165, 1.54) is 6.34 Å². The van der Waals surface area contributed by atoms with E-state index in [0.29, 0.717) is 24.5 Å². The summed E-state index contributed by atoms with van der Waals surface area (Å²) in [4.78, 5) is 31.1. The number of carboxylic acids is 1. The van der Waals surface area contributed by atoms with Crippen LogP contribution >= 0.6 is 0 Å². The van der Waals surface area contributed by atoms with Crippen molar-refractivity contribution >= 4 is 23.9 Å². The Balaban J connectivity index is 1.92. The zero-order chi connectivity index (χ0) is 15.5.